The van der Waals surface area contributed by atoms with Gasteiger partial charge in [0.25, 0.3) is 5.91 Å². The van der Waals surface area contributed by atoms with Gasteiger partial charge in [-0.05, 0) is 31.9 Å². The zero-order chi connectivity index (χ0) is 11.4. The van der Waals surface area contributed by atoms with Crippen molar-refractivity contribution in [3.05, 3.63) is 17.5 Å². The summed E-state index contributed by atoms with van der Waals surface area (Å²) in [5, 5.41) is 13.1. The van der Waals surface area contributed by atoms with E-state index in [0.29, 0.717) is 5.69 Å². The summed E-state index contributed by atoms with van der Waals surface area (Å²) >= 11 is 0. The molecule has 0 spiro atoms. The van der Waals surface area contributed by atoms with Gasteiger partial charge in [-0.1, -0.05) is 6.92 Å². The molecule has 2 rings (SSSR count). The summed E-state index contributed by atoms with van der Waals surface area (Å²) in [6, 6.07) is 2.05. The molecule has 0 saturated carbocycles. The lowest BCUT2D eigenvalue weighted by Crippen LogP contribution is -2.45. The fourth-order valence-corrected chi connectivity index (χ4v) is 1.89. The van der Waals surface area contributed by atoms with Gasteiger partial charge < -0.3 is 10.6 Å². The first kappa shape index (κ1) is 11.1. The number of amides is 1. The molecule has 0 aliphatic carbocycles. The van der Waals surface area contributed by atoms with Gasteiger partial charge in [0, 0.05) is 18.3 Å². The SMILES string of the molecule is CCc1cc(C(=O)N[C@H]2CCCNC2)n[nH]1. The van der Waals surface area contributed by atoms with E-state index in [1.807, 2.05) is 13.0 Å². The number of aryl methyl sites for hydroxylation is 1. The highest BCUT2D eigenvalue weighted by molar-refractivity contribution is 5.92. The lowest BCUT2D eigenvalue weighted by atomic mass is 10.1. The number of piperidine rings is 1. The Kier molecular flexibility index (Phi) is 3.56. The molecule has 1 aromatic heterocycles. The van der Waals surface area contributed by atoms with Gasteiger partial charge in [-0.3, -0.25) is 9.89 Å². The van der Waals surface area contributed by atoms with Crippen LogP contribution in [-0.4, -0.2) is 35.2 Å². The monoisotopic (exact) mass is 222 g/mol. The van der Waals surface area contributed by atoms with Crippen molar-refractivity contribution in [2.24, 2.45) is 0 Å². The second kappa shape index (κ2) is 5.12. The minimum Gasteiger partial charge on any atom is -0.347 e. The summed E-state index contributed by atoms with van der Waals surface area (Å²) in [5.74, 6) is -0.0790. The number of aromatic amines is 1. The molecule has 1 aromatic rings. The first-order valence-electron chi connectivity index (χ1n) is 5.85. The maximum Gasteiger partial charge on any atom is 0.272 e. The molecular formula is C11H18N4O. The number of hydrogen-bond donors (Lipinski definition) is 3. The van der Waals surface area contributed by atoms with Crippen molar-refractivity contribution in [1.82, 2.24) is 20.8 Å². The number of hydrogen-bond acceptors (Lipinski definition) is 3. The average molecular weight is 222 g/mol. The van der Waals surface area contributed by atoms with E-state index in [1.165, 1.54) is 0 Å². The van der Waals surface area contributed by atoms with Crippen LogP contribution in [0.3, 0.4) is 0 Å². The molecule has 1 aliphatic rings. The molecule has 0 aromatic carbocycles. The van der Waals surface area contributed by atoms with Crippen molar-refractivity contribution in [3.63, 3.8) is 0 Å². The molecule has 1 saturated heterocycles. The van der Waals surface area contributed by atoms with Crippen molar-refractivity contribution < 1.29 is 4.79 Å². The van der Waals surface area contributed by atoms with E-state index in [0.717, 1.165) is 38.0 Å². The summed E-state index contributed by atoms with van der Waals surface area (Å²) in [6.45, 7) is 3.94. The van der Waals surface area contributed by atoms with Crippen molar-refractivity contribution in [1.29, 1.82) is 0 Å². The molecule has 1 aliphatic heterocycles. The van der Waals surface area contributed by atoms with Crippen LogP contribution in [0, 0.1) is 0 Å². The number of carbonyl (C=O) groups is 1. The van der Waals surface area contributed by atoms with Crippen LogP contribution in [0.4, 0.5) is 0 Å². The molecule has 0 unspecified atom stereocenters. The van der Waals surface area contributed by atoms with Crippen LogP contribution < -0.4 is 10.6 Å². The molecule has 1 amide bonds. The fourth-order valence-electron chi connectivity index (χ4n) is 1.89. The summed E-state index contributed by atoms with van der Waals surface area (Å²) in [4.78, 5) is 11.8. The van der Waals surface area contributed by atoms with Crippen LogP contribution in [0.2, 0.25) is 0 Å². The van der Waals surface area contributed by atoms with Crippen molar-refractivity contribution in [2.75, 3.05) is 13.1 Å². The zero-order valence-electron chi connectivity index (χ0n) is 9.55. The van der Waals surface area contributed by atoms with Gasteiger partial charge >= 0.3 is 0 Å². The second-order valence-electron chi connectivity index (χ2n) is 4.15. The normalized spacial score (nSPS) is 20.7. The summed E-state index contributed by atoms with van der Waals surface area (Å²) in [6.07, 6.45) is 3.03. The van der Waals surface area contributed by atoms with Crippen LogP contribution in [0.5, 0.6) is 0 Å². The first-order valence-corrected chi connectivity index (χ1v) is 5.85. The highest BCUT2D eigenvalue weighted by atomic mass is 16.2. The van der Waals surface area contributed by atoms with Gasteiger partial charge in [-0.15, -0.1) is 0 Å². The smallest absolute Gasteiger partial charge is 0.272 e. The van der Waals surface area contributed by atoms with E-state index in [-0.39, 0.29) is 11.9 Å². The summed E-state index contributed by atoms with van der Waals surface area (Å²) < 4.78 is 0. The van der Waals surface area contributed by atoms with Gasteiger partial charge in [0.15, 0.2) is 0 Å². The molecule has 2 heterocycles. The van der Waals surface area contributed by atoms with Gasteiger partial charge in [0.05, 0.1) is 0 Å². The van der Waals surface area contributed by atoms with Gasteiger partial charge in [0.2, 0.25) is 0 Å². The number of nitrogens with one attached hydrogen (secondary N) is 3. The molecule has 0 radical (unpaired) electrons. The Bertz CT molecular complexity index is 355. The molecular weight excluding hydrogens is 204 g/mol. The van der Waals surface area contributed by atoms with E-state index >= 15 is 0 Å². The quantitative estimate of drug-likeness (QED) is 0.695. The summed E-state index contributed by atoms with van der Waals surface area (Å²) in [5.41, 5.74) is 1.48. The number of carbonyl (C=O) groups excluding carboxylic acids is 1. The number of aromatic nitrogens is 2. The zero-order valence-corrected chi connectivity index (χ0v) is 9.55. The Balaban J connectivity index is 1.91. The van der Waals surface area contributed by atoms with Crippen LogP contribution in [-0.2, 0) is 6.42 Å². The molecule has 5 nitrogen and oxygen atoms in total. The highest BCUT2D eigenvalue weighted by Gasteiger charge is 2.17. The van der Waals surface area contributed by atoms with E-state index in [4.69, 9.17) is 0 Å². The lowest BCUT2D eigenvalue weighted by molar-refractivity contribution is 0.0925. The van der Waals surface area contributed by atoms with E-state index in [2.05, 4.69) is 20.8 Å². The maximum absolute atomic E-state index is 11.8. The highest BCUT2D eigenvalue weighted by Crippen LogP contribution is 2.04. The maximum atomic E-state index is 11.8. The molecule has 88 valence electrons. The number of nitrogens with zero attached hydrogens (tertiary/aromatic N) is 1. The Hall–Kier alpha value is -1.36. The standard InChI is InChI=1S/C11H18N4O/c1-2-8-6-10(15-14-8)11(16)13-9-4-3-5-12-7-9/h6,9,12H,2-5,7H2,1H3,(H,13,16)(H,14,15)/t9-/m0/s1. The van der Waals surface area contributed by atoms with Gasteiger partial charge in [-0.2, -0.15) is 5.10 Å². The third kappa shape index (κ3) is 2.61. The predicted molar refractivity (Wildman–Crippen MR) is 61.3 cm³/mol. The molecule has 16 heavy (non-hydrogen) atoms. The molecule has 3 N–H and O–H groups in total. The van der Waals surface area contributed by atoms with E-state index < -0.39 is 0 Å². The predicted octanol–water partition coefficient (Wildman–Crippen LogP) is 0.454. The number of rotatable bonds is 3. The Labute approximate surface area is 95.0 Å². The molecule has 0 bridgehead atoms. The average Bonchev–Trinajstić information content (AvgIpc) is 2.79. The third-order valence-corrected chi connectivity index (χ3v) is 2.88. The first-order chi connectivity index (χ1) is 7.79. The van der Waals surface area contributed by atoms with Crippen molar-refractivity contribution in [2.45, 2.75) is 32.2 Å². The Morgan fingerprint density at radius 1 is 1.69 bits per heavy atom. The number of H-pyrrole nitrogens is 1. The van der Waals surface area contributed by atoms with E-state index in [1.54, 1.807) is 0 Å². The van der Waals surface area contributed by atoms with Crippen molar-refractivity contribution >= 4 is 5.91 Å². The largest absolute Gasteiger partial charge is 0.347 e. The fraction of sp³-hybridized carbons (Fsp3) is 0.636. The third-order valence-electron chi connectivity index (χ3n) is 2.88. The minimum atomic E-state index is -0.0790. The van der Waals surface area contributed by atoms with Crippen LogP contribution in [0.1, 0.15) is 35.9 Å². The van der Waals surface area contributed by atoms with E-state index in [9.17, 15) is 4.79 Å². The van der Waals surface area contributed by atoms with Crippen molar-refractivity contribution in [3.8, 4) is 0 Å². The van der Waals surface area contributed by atoms with Crippen LogP contribution in [0.25, 0.3) is 0 Å². The lowest BCUT2D eigenvalue weighted by Gasteiger charge is -2.23. The van der Waals surface area contributed by atoms with Crippen LogP contribution in [0.15, 0.2) is 6.07 Å². The minimum absolute atomic E-state index is 0.0790. The molecule has 5 heteroatoms. The molecule has 1 fully saturated rings. The molecule has 1 atom stereocenters. The Morgan fingerprint density at radius 3 is 3.19 bits per heavy atom. The second-order valence-corrected chi connectivity index (χ2v) is 4.15. The van der Waals surface area contributed by atoms with Crippen LogP contribution >= 0.6 is 0 Å². The Morgan fingerprint density at radius 2 is 2.56 bits per heavy atom. The summed E-state index contributed by atoms with van der Waals surface area (Å²) in [7, 11) is 0. The van der Waals surface area contributed by atoms with Gasteiger partial charge in [-0.25, -0.2) is 0 Å². The topological polar surface area (TPSA) is 69.8 Å². The van der Waals surface area contributed by atoms with Gasteiger partial charge in [0.1, 0.15) is 5.69 Å².